The summed E-state index contributed by atoms with van der Waals surface area (Å²) in [5.41, 5.74) is 0.754. The Kier molecular flexibility index (Phi) is 6.61. The van der Waals surface area contributed by atoms with Gasteiger partial charge in [-0.1, -0.05) is 36.0 Å². The van der Waals surface area contributed by atoms with Gasteiger partial charge >= 0.3 is 0 Å². The maximum Gasteiger partial charge on any atom is 0.266 e. The number of amides is 1. The van der Waals surface area contributed by atoms with Gasteiger partial charge in [0.2, 0.25) is 5.91 Å². The predicted molar refractivity (Wildman–Crippen MR) is 115 cm³/mol. The molecular formula is C22H20FN3O2S. The third-order valence-corrected chi connectivity index (χ3v) is 5.13. The first-order valence-corrected chi connectivity index (χ1v) is 9.93. The molecular weight excluding hydrogens is 389 g/mol. The second kappa shape index (κ2) is 9.34. The Balaban J connectivity index is 2.01. The number of aromatic nitrogens is 2. The van der Waals surface area contributed by atoms with Gasteiger partial charge in [-0.05, 0) is 36.4 Å². The molecule has 1 heterocycles. The summed E-state index contributed by atoms with van der Waals surface area (Å²) >= 11 is 1.16. The fourth-order valence-corrected chi connectivity index (χ4v) is 3.75. The molecule has 2 aromatic carbocycles. The molecule has 0 atom stereocenters. The molecule has 0 saturated heterocycles. The van der Waals surface area contributed by atoms with Crippen LogP contribution >= 0.6 is 11.8 Å². The molecule has 3 aromatic rings. The van der Waals surface area contributed by atoms with Crippen LogP contribution in [0.1, 0.15) is 0 Å². The molecule has 0 aliphatic heterocycles. The Hall–Kier alpha value is -3.19. The summed E-state index contributed by atoms with van der Waals surface area (Å²) in [4.78, 5) is 31.9. The van der Waals surface area contributed by atoms with Gasteiger partial charge in [0.25, 0.3) is 5.56 Å². The number of rotatable bonds is 8. The van der Waals surface area contributed by atoms with Crippen molar-refractivity contribution in [2.24, 2.45) is 0 Å². The first-order chi connectivity index (χ1) is 14.0. The molecule has 0 spiro atoms. The minimum absolute atomic E-state index is 0.0909. The van der Waals surface area contributed by atoms with E-state index in [2.05, 4.69) is 18.1 Å². The normalized spacial score (nSPS) is 10.7. The zero-order valence-electron chi connectivity index (χ0n) is 15.8. The number of hydrogen-bond acceptors (Lipinski definition) is 4. The summed E-state index contributed by atoms with van der Waals surface area (Å²) < 4.78 is 14.8. The third-order valence-electron chi connectivity index (χ3n) is 4.21. The summed E-state index contributed by atoms with van der Waals surface area (Å²) in [5.74, 6) is -0.430. The summed E-state index contributed by atoms with van der Waals surface area (Å²) in [6.45, 7) is 8.14. The van der Waals surface area contributed by atoms with Crippen LogP contribution in [0.25, 0.3) is 16.6 Å². The van der Waals surface area contributed by atoms with Gasteiger partial charge in [-0.2, -0.15) is 0 Å². The second-order valence-electron chi connectivity index (χ2n) is 6.19. The first kappa shape index (κ1) is 20.5. The van der Waals surface area contributed by atoms with E-state index in [0.29, 0.717) is 34.8 Å². The SMILES string of the molecule is C=CCN(CC=C)C(=O)CSc1nc2ccccc2c(=O)n1-c1ccc(F)cc1. The Labute approximate surface area is 172 Å². The van der Waals surface area contributed by atoms with E-state index < -0.39 is 5.82 Å². The summed E-state index contributed by atoms with van der Waals surface area (Å²) in [5, 5.41) is 0.818. The largest absolute Gasteiger partial charge is 0.335 e. The Morgan fingerprint density at radius 3 is 2.41 bits per heavy atom. The molecule has 0 aliphatic carbocycles. The molecule has 0 N–H and O–H groups in total. The lowest BCUT2D eigenvalue weighted by atomic mass is 10.2. The number of carbonyl (C=O) groups excluding carboxylic acids is 1. The van der Waals surface area contributed by atoms with Crippen LogP contribution in [0.3, 0.4) is 0 Å². The van der Waals surface area contributed by atoms with E-state index in [1.165, 1.54) is 28.8 Å². The maximum atomic E-state index is 13.4. The van der Waals surface area contributed by atoms with Gasteiger partial charge in [-0.25, -0.2) is 9.37 Å². The van der Waals surface area contributed by atoms with Gasteiger partial charge < -0.3 is 4.90 Å². The fraction of sp³-hybridized carbons (Fsp3) is 0.136. The predicted octanol–water partition coefficient (Wildman–Crippen LogP) is 3.82. The number of hydrogen-bond donors (Lipinski definition) is 0. The Morgan fingerprint density at radius 1 is 1.10 bits per heavy atom. The highest BCUT2D eigenvalue weighted by Crippen LogP contribution is 2.22. The number of benzene rings is 2. The molecule has 0 saturated carbocycles. The second-order valence-corrected chi connectivity index (χ2v) is 7.14. The van der Waals surface area contributed by atoms with Crippen molar-refractivity contribution in [1.82, 2.24) is 14.5 Å². The number of para-hydroxylation sites is 1. The summed E-state index contributed by atoms with van der Waals surface area (Å²) in [7, 11) is 0. The lowest BCUT2D eigenvalue weighted by Gasteiger charge is -2.19. The molecule has 148 valence electrons. The molecule has 0 fully saturated rings. The van der Waals surface area contributed by atoms with Crippen molar-refractivity contribution in [3.8, 4) is 5.69 Å². The van der Waals surface area contributed by atoms with E-state index in [1.54, 1.807) is 41.3 Å². The van der Waals surface area contributed by atoms with E-state index in [-0.39, 0.29) is 17.2 Å². The molecule has 1 aromatic heterocycles. The minimum atomic E-state index is -0.399. The molecule has 5 nitrogen and oxygen atoms in total. The molecule has 0 radical (unpaired) electrons. The van der Waals surface area contributed by atoms with E-state index in [4.69, 9.17) is 0 Å². The van der Waals surface area contributed by atoms with E-state index in [0.717, 1.165) is 11.8 Å². The minimum Gasteiger partial charge on any atom is -0.335 e. The van der Waals surface area contributed by atoms with Crippen molar-refractivity contribution in [2.75, 3.05) is 18.8 Å². The van der Waals surface area contributed by atoms with Crippen LogP contribution < -0.4 is 5.56 Å². The maximum absolute atomic E-state index is 13.4. The van der Waals surface area contributed by atoms with Crippen molar-refractivity contribution in [3.63, 3.8) is 0 Å². The Bertz CT molecular complexity index is 1100. The average molecular weight is 409 g/mol. The van der Waals surface area contributed by atoms with Crippen LogP contribution in [0.5, 0.6) is 0 Å². The molecule has 0 unspecified atom stereocenters. The first-order valence-electron chi connectivity index (χ1n) is 8.95. The molecule has 0 aliphatic rings. The van der Waals surface area contributed by atoms with Crippen LogP contribution in [0, 0.1) is 5.82 Å². The molecule has 7 heteroatoms. The van der Waals surface area contributed by atoms with Crippen LogP contribution in [-0.4, -0.2) is 39.2 Å². The number of carbonyl (C=O) groups is 1. The van der Waals surface area contributed by atoms with Gasteiger partial charge in [-0.15, -0.1) is 13.2 Å². The van der Waals surface area contributed by atoms with E-state index in [1.807, 2.05) is 0 Å². The van der Waals surface area contributed by atoms with Crippen LogP contribution in [-0.2, 0) is 4.79 Å². The molecule has 29 heavy (non-hydrogen) atoms. The van der Waals surface area contributed by atoms with Crippen molar-refractivity contribution >= 4 is 28.6 Å². The van der Waals surface area contributed by atoms with E-state index >= 15 is 0 Å². The smallest absolute Gasteiger partial charge is 0.266 e. The molecule has 1 amide bonds. The van der Waals surface area contributed by atoms with Crippen molar-refractivity contribution in [1.29, 1.82) is 0 Å². The van der Waals surface area contributed by atoms with Gasteiger partial charge in [-0.3, -0.25) is 14.2 Å². The van der Waals surface area contributed by atoms with E-state index in [9.17, 15) is 14.0 Å². The van der Waals surface area contributed by atoms with Gasteiger partial charge in [0, 0.05) is 13.1 Å². The average Bonchev–Trinajstić information content (AvgIpc) is 2.73. The standard InChI is InChI=1S/C22H20FN3O2S/c1-3-13-25(14-4-2)20(27)15-29-22-24-19-8-6-5-7-18(19)21(28)26(22)17-11-9-16(23)10-12-17/h3-12H,1-2,13-15H2. The lowest BCUT2D eigenvalue weighted by Crippen LogP contribution is -2.33. The van der Waals surface area contributed by atoms with Gasteiger partial charge in [0.15, 0.2) is 5.16 Å². The topological polar surface area (TPSA) is 55.2 Å². The number of nitrogens with zero attached hydrogens (tertiary/aromatic N) is 3. The fourth-order valence-electron chi connectivity index (χ4n) is 2.83. The zero-order valence-corrected chi connectivity index (χ0v) is 16.6. The summed E-state index contributed by atoms with van der Waals surface area (Å²) in [6, 6.07) is 12.6. The van der Waals surface area contributed by atoms with Crippen LogP contribution in [0.4, 0.5) is 4.39 Å². The Morgan fingerprint density at radius 2 is 1.76 bits per heavy atom. The highest BCUT2D eigenvalue weighted by Gasteiger charge is 2.17. The monoisotopic (exact) mass is 409 g/mol. The van der Waals surface area contributed by atoms with Crippen LogP contribution in [0.15, 0.2) is 83.8 Å². The highest BCUT2D eigenvalue weighted by molar-refractivity contribution is 7.99. The van der Waals surface area contributed by atoms with Crippen LogP contribution in [0.2, 0.25) is 0 Å². The summed E-state index contributed by atoms with van der Waals surface area (Å²) in [6.07, 6.45) is 3.30. The van der Waals surface area contributed by atoms with Gasteiger partial charge in [0.05, 0.1) is 22.3 Å². The molecule has 3 rings (SSSR count). The molecule has 0 bridgehead atoms. The quantitative estimate of drug-likeness (QED) is 0.322. The number of fused-ring (bicyclic) bond motifs is 1. The number of thioether (sulfide) groups is 1. The number of halogens is 1. The van der Waals surface area contributed by atoms with Crippen molar-refractivity contribution in [2.45, 2.75) is 5.16 Å². The zero-order chi connectivity index (χ0) is 20.8. The van der Waals surface area contributed by atoms with Gasteiger partial charge in [0.1, 0.15) is 5.82 Å². The van der Waals surface area contributed by atoms with Crippen molar-refractivity contribution < 1.29 is 9.18 Å². The lowest BCUT2D eigenvalue weighted by molar-refractivity contribution is -0.127. The highest BCUT2D eigenvalue weighted by atomic mass is 32.2. The third kappa shape index (κ3) is 4.63. The van der Waals surface area contributed by atoms with Crippen molar-refractivity contribution in [3.05, 3.63) is 90.0 Å².